The largest absolute Gasteiger partial charge is 0.344 e. The third-order valence-corrected chi connectivity index (χ3v) is 5.31. The van der Waals surface area contributed by atoms with Crippen molar-refractivity contribution in [3.63, 3.8) is 0 Å². The van der Waals surface area contributed by atoms with E-state index in [4.69, 9.17) is 0 Å². The van der Waals surface area contributed by atoms with Crippen LogP contribution in [-0.2, 0) is 9.59 Å². The van der Waals surface area contributed by atoms with Gasteiger partial charge in [-0.3, -0.25) is 14.7 Å². The van der Waals surface area contributed by atoms with Crippen LogP contribution < -0.4 is 5.32 Å². The van der Waals surface area contributed by atoms with Crippen molar-refractivity contribution in [2.75, 3.05) is 13.1 Å². The van der Waals surface area contributed by atoms with Gasteiger partial charge in [0.05, 0.1) is 6.20 Å². The first-order chi connectivity index (χ1) is 13.4. The van der Waals surface area contributed by atoms with Crippen LogP contribution in [-0.4, -0.2) is 46.0 Å². The first-order valence-corrected chi connectivity index (χ1v) is 9.72. The van der Waals surface area contributed by atoms with Crippen molar-refractivity contribution in [2.24, 2.45) is 5.92 Å². The number of rotatable bonds is 5. The lowest BCUT2D eigenvalue weighted by Crippen LogP contribution is -2.52. The Bertz CT molecular complexity index is 840. The summed E-state index contributed by atoms with van der Waals surface area (Å²) in [5.41, 5.74) is 2.69. The summed E-state index contributed by atoms with van der Waals surface area (Å²) in [6.45, 7) is 6.53. The Hall–Kier alpha value is -2.70. The molecule has 0 saturated carbocycles. The van der Waals surface area contributed by atoms with Crippen LogP contribution in [0.4, 0.5) is 4.39 Å². The van der Waals surface area contributed by atoms with Crippen LogP contribution >= 0.6 is 0 Å². The van der Waals surface area contributed by atoms with E-state index in [9.17, 15) is 14.0 Å². The van der Waals surface area contributed by atoms with Crippen LogP contribution in [0.5, 0.6) is 0 Å². The number of aromatic amines is 1. The number of carbonyl (C=O) groups excluding carboxylic acids is 2. The van der Waals surface area contributed by atoms with E-state index in [1.807, 2.05) is 24.8 Å². The molecule has 150 valence electrons. The lowest BCUT2D eigenvalue weighted by atomic mass is 9.89. The molecule has 2 N–H and O–H groups in total. The molecule has 1 fully saturated rings. The zero-order valence-corrected chi connectivity index (χ0v) is 16.5. The highest BCUT2D eigenvalue weighted by molar-refractivity contribution is 5.87. The van der Waals surface area contributed by atoms with Crippen LogP contribution in [0.2, 0.25) is 0 Å². The van der Waals surface area contributed by atoms with Gasteiger partial charge < -0.3 is 10.2 Å². The van der Waals surface area contributed by atoms with Crippen molar-refractivity contribution in [3.05, 3.63) is 42.0 Å². The van der Waals surface area contributed by atoms with Crippen molar-refractivity contribution in [3.8, 4) is 11.1 Å². The molecule has 0 aliphatic carbocycles. The molecule has 1 saturated heterocycles. The van der Waals surface area contributed by atoms with Crippen molar-refractivity contribution < 1.29 is 14.0 Å². The molecular formula is C21H27FN4O2. The Kier molecular flexibility index (Phi) is 6.11. The number of nitrogens with zero attached hydrogens (tertiary/aromatic N) is 2. The summed E-state index contributed by atoms with van der Waals surface area (Å²) in [6, 6.07) is 6.00. The van der Waals surface area contributed by atoms with Gasteiger partial charge in [-0.1, -0.05) is 26.0 Å². The molecule has 7 heteroatoms. The number of hydrogen-bond donors (Lipinski definition) is 2. The summed E-state index contributed by atoms with van der Waals surface area (Å²) in [7, 11) is 0. The number of halogens is 1. The van der Waals surface area contributed by atoms with Gasteiger partial charge in [0.2, 0.25) is 11.8 Å². The van der Waals surface area contributed by atoms with Gasteiger partial charge in [0, 0.05) is 37.2 Å². The van der Waals surface area contributed by atoms with Crippen LogP contribution in [0.1, 0.15) is 45.2 Å². The molecule has 28 heavy (non-hydrogen) atoms. The molecular weight excluding hydrogens is 359 g/mol. The molecule has 1 aliphatic rings. The minimum absolute atomic E-state index is 0.0290. The molecule has 2 heterocycles. The summed E-state index contributed by atoms with van der Waals surface area (Å²) in [5, 5.41) is 10.0. The maximum absolute atomic E-state index is 13.6. The Morgan fingerprint density at radius 3 is 2.61 bits per heavy atom. The van der Waals surface area contributed by atoms with Gasteiger partial charge in [0.1, 0.15) is 11.9 Å². The van der Waals surface area contributed by atoms with Gasteiger partial charge in [-0.25, -0.2) is 4.39 Å². The van der Waals surface area contributed by atoms with Gasteiger partial charge in [-0.15, -0.1) is 0 Å². The second-order valence-corrected chi connectivity index (χ2v) is 7.73. The van der Waals surface area contributed by atoms with Gasteiger partial charge in [0.25, 0.3) is 0 Å². The Balaban J connectivity index is 1.69. The molecule has 2 amide bonds. The minimum atomic E-state index is -0.496. The second-order valence-electron chi connectivity index (χ2n) is 7.73. The number of amides is 2. The molecule has 2 aromatic rings. The van der Waals surface area contributed by atoms with Crippen molar-refractivity contribution >= 4 is 11.8 Å². The fourth-order valence-corrected chi connectivity index (χ4v) is 3.81. The molecule has 1 unspecified atom stereocenters. The fraction of sp³-hybridized carbons (Fsp3) is 0.476. The topological polar surface area (TPSA) is 78.1 Å². The molecule has 0 bridgehead atoms. The molecule has 3 rings (SSSR count). The second kappa shape index (κ2) is 8.54. The van der Waals surface area contributed by atoms with E-state index < -0.39 is 6.04 Å². The Morgan fingerprint density at radius 1 is 1.29 bits per heavy atom. The first-order valence-electron chi connectivity index (χ1n) is 9.72. The van der Waals surface area contributed by atoms with Gasteiger partial charge in [0.15, 0.2) is 0 Å². The van der Waals surface area contributed by atoms with Crippen LogP contribution in [0.15, 0.2) is 30.5 Å². The highest BCUT2D eigenvalue weighted by Gasteiger charge is 2.32. The number of piperidine rings is 1. The van der Waals surface area contributed by atoms with Gasteiger partial charge in [-0.2, -0.15) is 5.10 Å². The smallest absolute Gasteiger partial charge is 0.245 e. The molecule has 1 aliphatic heterocycles. The molecule has 0 radical (unpaired) electrons. The summed E-state index contributed by atoms with van der Waals surface area (Å²) in [6.07, 6.45) is 3.31. The predicted molar refractivity (Wildman–Crippen MR) is 105 cm³/mol. The van der Waals surface area contributed by atoms with Gasteiger partial charge >= 0.3 is 0 Å². The summed E-state index contributed by atoms with van der Waals surface area (Å²) < 4.78 is 13.6. The first kappa shape index (κ1) is 20.0. The lowest BCUT2D eigenvalue weighted by Gasteiger charge is -2.35. The minimum Gasteiger partial charge on any atom is -0.344 e. The number of aromatic nitrogens is 2. The molecule has 0 spiro atoms. The summed E-state index contributed by atoms with van der Waals surface area (Å²) in [5.74, 6) is -0.245. The quantitative estimate of drug-likeness (QED) is 0.829. The summed E-state index contributed by atoms with van der Waals surface area (Å²) in [4.78, 5) is 26.1. The zero-order chi connectivity index (χ0) is 20.3. The zero-order valence-electron chi connectivity index (χ0n) is 16.5. The van der Waals surface area contributed by atoms with E-state index in [1.54, 1.807) is 12.3 Å². The standard InChI is InChI=1S/C21H27FN4O2/c1-13(2)19(24-14(3)27)21(28)26-9-7-15(8-10-26)20-18(12-23-25-20)16-5-4-6-17(22)11-16/h4-6,11-13,15,19H,7-10H2,1-3H3,(H,23,25)(H,24,27). The molecule has 1 aromatic carbocycles. The maximum atomic E-state index is 13.6. The van der Waals surface area contributed by atoms with E-state index in [0.29, 0.717) is 13.1 Å². The highest BCUT2D eigenvalue weighted by atomic mass is 19.1. The number of H-pyrrole nitrogens is 1. The van der Waals surface area contributed by atoms with E-state index in [2.05, 4.69) is 15.5 Å². The number of hydrogen-bond acceptors (Lipinski definition) is 3. The Labute approximate surface area is 164 Å². The highest BCUT2D eigenvalue weighted by Crippen LogP contribution is 2.34. The average molecular weight is 386 g/mol. The Morgan fingerprint density at radius 2 is 2.00 bits per heavy atom. The van der Waals surface area contributed by atoms with Gasteiger partial charge in [-0.05, 0) is 36.5 Å². The lowest BCUT2D eigenvalue weighted by molar-refractivity contribution is -0.138. The van der Waals surface area contributed by atoms with E-state index in [0.717, 1.165) is 29.7 Å². The van der Waals surface area contributed by atoms with E-state index >= 15 is 0 Å². The number of benzene rings is 1. The van der Waals surface area contributed by atoms with Crippen LogP contribution in [0.25, 0.3) is 11.1 Å². The molecule has 1 atom stereocenters. The number of carbonyl (C=O) groups is 2. The summed E-state index contributed by atoms with van der Waals surface area (Å²) >= 11 is 0. The van der Waals surface area contributed by atoms with Crippen molar-refractivity contribution in [1.29, 1.82) is 0 Å². The van der Waals surface area contributed by atoms with E-state index in [1.165, 1.54) is 19.1 Å². The third-order valence-electron chi connectivity index (χ3n) is 5.31. The average Bonchev–Trinajstić information content (AvgIpc) is 3.15. The monoisotopic (exact) mass is 386 g/mol. The van der Waals surface area contributed by atoms with Crippen molar-refractivity contribution in [1.82, 2.24) is 20.4 Å². The normalized spacial score (nSPS) is 16.2. The SMILES string of the molecule is CC(=O)NC(C(=O)N1CCC(c2[nH]ncc2-c2cccc(F)c2)CC1)C(C)C. The van der Waals surface area contributed by atoms with Crippen LogP contribution in [0, 0.1) is 11.7 Å². The van der Waals surface area contributed by atoms with Crippen LogP contribution in [0.3, 0.4) is 0 Å². The third kappa shape index (κ3) is 4.40. The number of nitrogens with one attached hydrogen (secondary N) is 2. The maximum Gasteiger partial charge on any atom is 0.245 e. The fourth-order valence-electron chi connectivity index (χ4n) is 3.81. The predicted octanol–water partition coefficient (Wildman–Crippen LogP) is 3.08. The van der Waals surface area contributed by atoms with Crippen molar-refractivity contribution in [2.45, 2.75) is 45.6 Å². The molecule has 6 nitrogen and oxygen atoms in total. The number of likely N-dealkylation sites (tertiary alicyclic amines) is 1. The van der Waals surface area contributed by atoms with E-state index in [-0.39, 0.29) is 29.5 Å². The molecule has 1 aromatic heterocycles.